The summed E-state index contributed by atoms with van der Waals surface area (Å²) in [5, 5.41) is 20.9. The van der Waals surface area contributed by atoms with Gasteiger partial charge in [-0.15, -0.1) is 12.4 Å². The fourth-order valence-electron chi connectivity index (χ4n) is 4.17. The molecule has 0 heterocycles. The number of hydrogen-bond acceptors (Lipinski definition) is 3. The zero-order valence-corrected chi connectivity index (χ0v) is 17.8. The first-order valence-corrected chi connectivity index (χ1v) is 10.3. The zero-order valence-electron chi connectivity index (χ0n) is 17.0. The minimum Gasteiger partial charge on any atom is -0.395 e. The van der Waals surface area contributed by atoms with Gasteiger partial charge >= 0.3 is 0 Å². The highest BCUT2D eigenvalue weighted by molar-refractivity contribution is 5.85. The van der Waals surface area contributed by atoms with Gasteiger partial charge in [0, 0.05) is 19.5 Å². The molecule has 156 valence electrons. The summed E-state index contributed by atoms with van der Waals surface area (Å²) in [5.41, 5.74) is 1.32. The highest BCUT2D eigenvalue weighted by Crippen LogP contribution is 2.42. The van der Waals surface area contributed by atoms with E-state index in [4.69, 9.17) is 0 Å². The van der Waals surface area contributed by atoms with Gasteiger partial charge in [0.1, 0.15) is 5.60 Å². The molecule has 3 nitrogen and oxygen atoms in total. The highest BCUT2D eigenvalue weighted by Gasteiger charge is 2.39. The molecule has 0 aliphatic heterocycles. The molecule has 0 radical (unpaired) electrons. The van der Waals surface area contributed by atoms with Crippen LogP contribution in [0.2, 0.25) is 0 Å². The van der Waals surface area contributed by atoms with E-state index in [1.54, 1.807) is 0 Å². The van der Waals surface area contributed by atoms with Crippen molar-refractivity contribution in [2.45, 2.75) is 44.2 Å². The molecule has 3 rings (SSSR count). The molecular weight excluding hydrogens is 382 g/mol. The Morgan fingerprint density at radius 2 is 1.55 bits per heavy atom. The Kier molecular flexibility index (Phi) is 9.70. The lowest BCUT2D eigenvalue weighted by atomic mass is 9.78. The molecule has 1 aliphatic rings. The van der Waals surface area contributed by atoms with E-state index >= 15 is 0 Å². The van der Waals surface area contributed by atoms with Crippen LogP contribution in [-0.2, 0) is 12.1 Å². The molecule has 4 heteroatoms. The normalized spacial score (nSPS) is 16.0. The fourth-order valence-corrected chi connectivity index (χ4v) is 4.17. The van der Waals surface area contributed by atoms with Gasteiger partial charge in [0.25, 0.3) is 0 Å². The fraction of sp³-hybridized carbons (Fsp3) is 0.440. The Balaban J connectivity index is 0.00000300. The monoisotopic (exact) mass is 413 g/mol. The number of nitrogens with zero attached hydrogens (tertiary/aromatic N) is 1. The Hall–Kier alpha value is -1.83. The van der Waals surface area contributed by atoms with Crippen LogP contribution in [-0.4, -0.2) is 34.8 Å². The van der Waals surface area contributed by atoms with Gasteiger partial charge in [-0.05, 0) is 29.9 Å². The quantitative estimate of drug-likeness (QED) is 0.631. The van der Waals surface area contributed by atoms with Crippen molar-refractivity contribution in [1.29, 1.82) is 0 Å². The van der Waals surface area contributed by atoms with Gasteiger partial charge in [-0.25, -0.2) is 0 Å². The Morgan fingerprint density at radius 3 is 2.17 bits per heavy atom. The second-order valence-corrected chi connectivity index (χ2v) is 7.72. The van der Waals surface area contributed by atoms with E-state index in [0.29, 0.717) is 19.5 Å². The van der Waals surface area contributed by atoms with Gasteiger partial charge in [-0.1, -0.05) is 85.3 Å². The van der Waals surface area contributed by atoms with E-state index in [9.17, 15) is 10.2 Å². The average molecular weight is 414 g/mol. The summed E-state index contributed by atoms with van der Waals surface area (Å²) >= 11 is 0. The Bertz CT molecular complexity index is 766. The molecule has 29 heavy (non-hydrogen) atoms. The van der Waals surface area contributed by atoms with Crippen LogP contribution < -0.4 is 0 Å². The number of aliphatic hydroxyl groups is 2. The van der Waals surface area contributed by atoms with Crippen LogP contribution in [0.5, 0.6) is 0 Å². The number of halogens is 1. The molecule has 0 spiro atoms. The van der Waals surface area contributed by atoms with Crippen LogP contribution in [0.1, 0.15) is 43.2 Å². The SMILES string of the molecule is Cl.OCCN(CC#CCC(O)(c1ccccc1)C1CCCC1)Cc1ccccc1. The second-order valence-electron chi connectivity index (χ2n) is 7.72. The minimum absolute atomic E-state index is 0. The highest BCUT2D eigenvalue weighted by atomic mass is 35.5. The first-order chi connectivity index (χ1) is 13.7. The summed E-state index contributed by atoms with van der Waals surface area (Å²) in [7, 11) is 0. The van der Waals surface area contributed by atoms with Gasteiger partial charge in [0.15, 0.2) is 0 Å². The smallest absolute Gasteiger partial charge is 0.103 e. The predicted octanol–water partition coefficient (Wildman–Crippen LogP) is 4.37. The third kappa shape index (κ3) is 6.59. The van der Waals surface area contributed by atoms with Crippen LogP contribution in [0.4, 0.5) is 0 Å². The number of benzene rings is 2. The van der Waals surface area contributed by atoms with Crippen molar-refractivity contribution in [2.24, 2.45) is 5.92 Å². The lowest BCUT2D eigenvalue weighted by molar-refractivity contribution is -0.0173. The molecule has 2 aromatic carbocycles. The van der Waals surface area contributed by atoms with Crippen LogP contribution in [0.25, 0.3) is 0 Å². The van der Waals surface area contributed by atoms with E-state index in [1.807, 2.05) is 48.5 Å². The summed E-state index contributed by atoms with van der Waals surface area (Å²) in [6.07, 6.45) is 4.97. The number of aliphatic hydroxyl groups excluding tert-OH is 1. The standard InChI is InChI=1S/C25H31NO2.ClH/c27-20-19-26(21-22-11-3-1-4-12-22)18-10-9-17-25(28,24-15-7-8-16-24)23-13-5-2-6-14-23;/h1-6,11-14,24,27-28H,7-8,15-21H2;1H. The predicted molar refractivity (Wildman–Crippen MR) is 121 cm³/mol. The molecule has 1 atom stereocenters. The summed E-state index contributed by atoms with van der Waals surface area (Å²) in [5.74, 6) is 6.78. The maximum absolute atomic E-state index is 11.5. The molecule has 1 saturated carbocycles. The van der Waals surface area contributed by atoms with Gasteiger partial charge in [0.05, 0.1) is 13.2 Å². The molecular formula is C25H32ClNO2. The van der Waals surface area contributed by atoms with Crippen molar-refractivity contribution in [3.63, 3.8) is 0 Å². The van der Waals surface area contributed by atoms with Crippen LogP contribution in [0, 0.1) is 17.8 Å². The lowest BCUT2D eigenvalue weighted by Gasteiger charge is -2.33. The maximum Gasteiger partial charge on any atom is 0.103 e. The van der Waals surface area contributed by atoms with Gasteiger partial charge in [-0.2, -0.15) is 0 Å². The molecule has 2 N–H and O–H groups in total. The van der Waals surface area contributed by atoms with E-state index < -0.39 is 5.60 Å². The first kappa shape index (κ1) is 23.4. The molecule has 1 fully saturated rings. The third-order valence-electron chi connectivity index (χ3n) is 5.76. The summed E-state index contributed by atoms with van der Waals surface area (Å²) in [4.78, 5) is 2.14. The molecule has 0 saturated heterocycles. The van der Waals surface area contributed by atoms with Crippen molar-refractivity contribution in [3.05, 3.63) is 71.8 Å². The van der Waals surface area contributed by atoms with Gasteiger partial charge in [0.2, 0.25) is 0 Å². The van der Waals surface area contributed by atoms with Crippen molar-refractivity contribution in [3.8, 4) is 11.8 Å². The first-order valence-electron chi connectivity index (χ1n) is 10.3. The summed E-state index contributed by atoms with van der Waals surface area (Å²) in [6, 6.07) is 20.3. The van der Waals surface area contributed by atoms with E-state index in [-0.39, 0.29) is 24.9 Å². The summed E-state index contributed by atoms with van der Waals surface area (Å²) in [6.45, 7) is 2.06. The van der Waals surface area contributed by atoms with Gasteiger partial charge in [-0.3, -0.25) is 4.90 Å². The maximum atomic E-state index is 11.5. The molecule has 2 aromatic rings. The van der Waals surface area contributed by atoms with Crippen molar-refractivity contribution >= 4 is 12.4 Å². The molecule has 1 aliphatic carbocycles. The van der Waals surface area contributed by atoms with Gasteiger partial charge < -0.3 is 10.2 Å². The van der Waals surface area contributed by atoms with E-state index in [1.165, 1.54) is 18.4 Å². The summed E-state index contributed by atoms with van der Waals surface area (Å²) < 4.78 is 0. The minimum atomic E-state index is -0.869. The Morgan fingerprint density at radius 1 is 0.931 bits per heavy atom. The second kappa shape index (κ2) is 12.0. The lowest BCUT2D eigenvalue weighted by Crippen LogP contribution is -2.33. The molecule has 1 unspecified atom stereocenters. The molecule has 0 amide bonds. The Labute approximate surface area is 181 Å². The van der Waals surface area contributed by atoms with Crippen molar-refractivity contribution in [2.75, 3.05) is 19.7 Å². The molecule has 0 aromatic heterocycles. The number of rotatable bonds is 8. The van der Waals surface area contributed by atoms with Crippen LogP contribution in [0.15, 0.2) is 60.7 Å². The zero-order chi connectivity index (χ0) is 19.7. The van der Waals surface area contributed by atoms with Crippen LogP contribution in [0.3, 0.4) is 0 Å². The van der Waals surface area contributed by atoms with E-state index in [2.05, 4.69) is 28.9 Å². The van der Waals surface area contributed by atoms with E-state index in [0.717, 1.165) is 24.9 Å². The van der Waals surface area contributed by atoms with Crippen molar-refractivity contribution < 1.29 is 10.2 Å². The number of hydrogen-bond donors (Lipinski definition) is 2. The average Bonchev–Trinajstić information content (AvgIpc) is 3.28. The molecule has 0 bridgehead atoms. The third-order valence-corrected chi connectivity index (χ3v) is 5.76. The van der Waals surface area contributed by atoms with Crippen molar-refractivity contribution in [1.82, 2.24) is 4.90 Å². The largest absolute Gasteiger partial charge is 0.395 e. The topological polar surface area (TPSA) is 43.7 Å². The van der Waals surface area contributed by atoms with Crippen LogP contribution >= 0.6 is 12.4 Å².